The molecule has 13 amide bonds. The number of carboxylic acid groups (broad SMARTS) is 1. The standard InChI is InChI=1S/C77H101N15O27/c1-37(23-24-41-15-8-5-9-16-41)25-53(98)46-29-57(101)81-51(33-93)70(111)86-50-32-91-31-44(92(36-91)76-64(105)63(104)61(102)55(35-95)119-76)28-49(68(109)89-59(40(4)97)74(115)87-52(34-94)71(112)85-48(66(107)83-46)27-42-17-10-6-11-18-42)80-56(100)22-14-21-45(77(117)118)82-72(113)54(99)30-79-73(114)58(39(3)43-19-12-7-13-20-43)88-75(116)60(62(103)65(78)106)90-67(108)47(26-38(2)96)84-69(50)110/h5-13,15-20,23-25,31,36,39-40,45-55,58-64,76,93-95,97-99,102-105H,14,21-22,26-30,32-35H2,1-4H3,(H14-,78,79,80,81,82,83,84,85,86,87,88,89,90,100,101,106,107,108,109,110,111,112,113,114,115,116,117,118)/p+1/b24-23+,37-25+/t39-,40-,45-,46-,47-,48-,49-,50+,51-,52-,53-,54+,55+,58-,59-,60-,61-,62+,63-,64+,76+/m0/s1. The number of rotatable bonds is 18. The number of carbonyl (C=O) groups excluding carboxylic acids is 14. The number of hydrogen-bond acceptors (Lipinski definition) is 26. The SMILES string of the molecule is CC(=O)C[C@@H]1NC(=O)[C@H]2Cn3cc([n+]([C@@H]4O[C@H](CO)[C@H](O)[C@H](O)[C@H]4O)c3)C[C@H](NC(=O)CCC[C@@H](C(=O)O)NC(=O)[C@H](O)CNC(=O)[C@H]([C@@H](C)c3ccccc3)NC(=O)[C@H]([C@@H](O)C(N)=O)NC1=O)C(=O)N[C@@H]([C@H](C)O)C(=O)N[C@@H](CO)C(=O)N[C@@H](Cc1ccccc1)C(=O)N[C@H]([C@@H](O)/C=C(C)/C=C/c1ccccc1)CC(=O)N[C@@H](CO)C(=O)N2. The fourth-order valence-corrected chi connectivity index (χ4v) is 13.0. The van der Waals surface area contributed by atoms with Gasteiger partial charge in [0.2, 0.25) is 83.4 Å². The Kier molecular flexibility index (Phi) is 35.4. The Bertz CT molecular complexity index is 4320. The van der Waals surface area contributed by atoms with Crippen molar-refractivity contribution in [1.82, 2.24) is 68.4 Å². The summed E-state index contributed by atoms with van der Waals surface area (Å²) in [5, 5.41) is 150. The number of hydrogen-bond donors (Lipinski definition) is 24. The number of nitrogens with zero attached hydrogens (tertiary/aromatic N) is 2. The molecule has 0 spiro atoms. The Morgan fingerprint density at radius 3 is 1.76 bits per heavy atom. The van der Waals surface area contributed by atoms with E-state index >= 15 is 9.59 Å². The fraction of sp³-hybridized carbons (Fsp3) is 0.481. The number of allylic oxidation sites excluding steroid dienone is 2. The van der Waals surface area contributed by atoms with Gasteiger partial charge in [-0.15, -0.1) is 0 Å². The van der Waals surface area contributed by atoms with Crippen molar-refractivity contribution in [2.75, 3.05) is 26.4 Å². The van der Waals surface area contributed by atoms with Crippen LogP contribution in [-0.4, -0.2) is 291 Å². The highest BCUT2D eigenvalue weighted by atomic mass is 16.6. The number of aliphatic carboxylic acids is 1. The van der Waals surface area contributed by atoms with Crippen LogP contribution < -0.4 is 74.1 Å². The van der Waals surface area contributed by atoms with Crippen LogP contribution in [0, 0.1) is 0 Å². The molecule has 42 heteroatoms. The number of aliphatic hydroxyl groups excluding tert-OH is 10. The van der Waals surface area contributed by atoms with Gasteiger partial charge in [0, 0.05) is 38.0 Å². The van der Waals surface area contributed by atoms with Crippen molar-refractivity contribution >= 4 is 94.6 Å². The number of aliphatic hydroxyl groups is 10. The molecule has 42 nitrogen and oxygen atoms in total. The summed E-state index contributed by atoms with van der Waals surface area (Å²) in [5.74, 6) is -21.9. The number of fused-ring (bicyclic) bond motifs is 2. The fourth-order valence-electron chi connectivity index (χ4n) is 13.0. The molecule has 0 radical (unpaired) electrons. The zero-order valence-electron chi connectivity index (χ0n) is 65.1. The number of benzene rings is 3. The Balaban J connectivity index is 1.44. The Morgan fingerprint density at radius 2 is 1.14 bits per heavy atom. The van der Waals surface area contributed by atoms with Gasteiger partial charge < -0.3 is 130 Å². The lowest BCUT2D eigenvalue weighted by Gasteiger charge is -2.38. The van der Waals surface area contributed by atoms with E-state index in [-0.39, 0.29) is 12.1 Å². The van der Waals surface area contributed by atoms with Crippen LogP contribution in [0.3, 0.4) is 0 Å². The van der Waals surface area contributed by atoms with Crippen LogP contribution in [0.1, 0.15) is 94.3 Å². The molecule has 0 unspecified atom stereocenters. The first-order chi connectivity index (χ1) is 56.4. The van der Waals surface area contributed by atoms with E-state index in [0.717, 1.165) is 35.5 Å². The number of β-amino-alcohol motifs (C(OH)–C–C–N with tert-alkyl or cyclic N) is 1. The molecule has 1 saturated heterocycles. The number of amides is 13. The largest absolute Gasteiger partial charge is 0.480 e. The third-order valence-corrected chi connectivity index (χ3v) is 19.7. The molecule has 3 aliphatic rings. The maximum absolute atomic E-state index is 15.4. The first-order valence-corrected chi connectivity index (χ1v) is 37.9. The third-order valence-electron chi connectivity index (χ3n) is 19.7. The molecule has 4 bridgehead atoms. The zero-order valence-corrected chi connectivity index (χ0v) is 65.1. The van der Waals surface area contributed by atoms with Crippen LogP contribution in [0.4, 0.5) is 0 Å². The summed E-state index contributed by atoms with van der Waals surface area (Å²) in [5.41, 5.74) is 6.88. The van der Waals surface area contributed by atoms with Crippen molar-refractivity contribution in [2.24, 2.45) is 5.73 Å². The quantitative estimate of drug-likeness (QED) is 0.0325. The molecule has 646 valence electrons. The van der Waals surface area contributed by atoms with Crippen molar-refractivity contribution < 1.29 is 137 Å². The number of ketones is 1. The summed E-state index contributed by atoms with van der Waals surface area (Å²) < 4.78 is 7.79. The van der Waals surface area contributed by atoms with Gasteiger partial charge in [-0.1, -0.05) is 122 Å². The van der Waals surface area contributed by atoms with Crippen molar-refractivity contribution in [3.05, 3.63) is 144 Å². The first kappa shape index (κ1) is 94.3. The Labute approximate surface area is 680 Å². The van der Waals surface area contributed by atoms with Gasteiger partial charge in [0.1, 0.15) is 115 Å². The maximum atomic E-state index is 15.4. The molecular weight excluding hydrogens is 1570 g/mol. The third kappa shape index (κ3) is 27.1. The van der Waals surface area contributed by atoms with Gasteiger partial charge >= 0.3 is 5.97 Å². The van der Waals surface area contributed by atoms with Crippen LogP contribution in [0.25, 0.3) is 6.08 Å². The van der Waals surface area contributed by atoms with Crippen LogP contribution in [0.2, 0.25) is 0 Å². The number of ether oxygens (including phenoxy) is 1. The van der Waals surface area contributed by atoms with Gasteiger partial charge in [-0.3, -0.25) is 67.1 Å². The number of aromatic nitrogens is 2. The molecular formula is C77H102N15O27+. The summed E-state index contributed by atoms with van der Waals surface area (Å²) >= 11 is 0. The van der Waals surface area contributed by atoms with Gasteiger partial charge in [-0.2, -0.15) is 0 Å². The predicted molar refractivity (Wildman–Crippen MR) is 410 cm³/mol. The van der Waals surface area contributed by atoms with Crippen molar-refractivity contribution in [3.8, 4) is 0 Å². The second-order valence-electron chi connectivity index (χ2n) is 29.0. The molecule has 25 N–H and O–H groups in total. The number of nitrogens with one attached hydrogen (secondary N) is 12. The summed E-state index contributed by atoms with van der Waals surface area (Å²) in [7, 11) is 0. The summed E-state index contributed by atoms with van der Waals surface area (Å²) in [6.45, 7) is -0.855. The van der Waals surface area contributed by atoms with E-state index in [2.05, 4.69) is 58.5 Å². The lowest BCUT2D eigenvalue weighted by atomic mass is 9.92. The molecule has 119 heavy (non-hydrogen) atoms. The van der Waals surface area contributed by atoms with E-state index in [1.165, 1.54) is 37.3 Å². The Morgan fingerprint density at radius 1 is 0.580 bits per heavy atom. The highest BCUT2D eigenvalue weighted by Gasteiger charge is 2.49. The first-order valence-electron chi connectivity index (χ1n) is 37.9. The topological polar surface area (TPSA) is 667 Å². The normalized spacial score (nSPS) is 28.5. The second kappa shape index (κ2) is 44.6. The summed E-state index contributed by atoms with van der Waals surface area (Å²) in [6.07, 6.45) is -17.9. The molecule has 1 fully saturated rings. The van der Waals surface area contributed by atoms with E-state index in [1.807, 2.05) is 5.32 Å². The maximum Gasteiger partial charge on any atom is 0.326 e. The predicted octanol–water partition coefficient (Wildman–Crippen LogP) is -9.97. The molecule has 7 rings (SSSR count). The highest BCUT2D eigenvalue weighted by Crippen LogP contribution is 2.27. The minimum atomic E-state index is -2.72. The molecule has 0 saturated carbocycles. The van der Waals surface area contributed by atoms with E-state index in [9.17, 15) is 119 Å². The van der Waals surface area contributed by atoms with Crippen LogP contribution in [0.15, 0.2) is 121 Å². The molecule has 1 aromatic heterocycles. The number of primary amides is 1. The molecule has 4 heterocycles. The summed E-state index contributed by atoms with van der Waals surface area (Å²) in [6, 6.07) is 1.43. The highest BCUT2D eigenvalue weighted by molar-refractivity contribution is 6.01. The second-order valence-corrected chi connectivity index (χ2v) is 29.0. The zero-order chi connectivity index (χ0) is 87.6. The van der Waals surface area contributed by atoms with Gasteiger partial charge in [-0.25, -0.2) is 13.9 Å². The van der Waals surface area contributed by atoms with Crippen molar-refractivity contribution in [2.45, 2.75) is 207 Å². The number of carbonyl (C=O) groups is 15. The molecule has 0 aliphatic carbocycles. The van der Waals surface area contributed by atoms with E-state index in [4.69, 9.17) is 10.5 Å². The van der Waals surface area contributed by atoms with Gasteiger partial charge in [0.05, 0.1) is 44.6 Å². The smallest absolute Gasteiger partial charge is 0.326 e. The number of Topliss-reactive ketones (excluding diaryl/α,β-unsaturated/α-hetero) is 1. The summed E-state index contributed by atoms with van der Waals surface area (Å²) in [4.78, 5) is 215. The van der Waals surface area contributed by atoms with Crippen molar-refractivity contribution in [3.63, 3.8) is 0 Å². The van der Waals surface area contributed by atoms with Gasteiger partial charge in [0.15, 0.2) is 6.10 Å². The monoisotopic (exact) mass is 1670 g/mol. The molecule has 4 aromatic rings. The van der Waals surface area contributed by atoms with Gasteiger partial charge in [-0.05, 0) is 50.3 Å². The lowest BCUT2D eigenvalue weighted by Crippen LogP contribution is -2.64. The van der Waals surface area contributed by atoms with E-state index < -0.39 is 287 Å². The average molecular weight is 1670 g/mol. The number of carboxylic acids is 1. The van der Waals surface area contributed by atoms with E-state index in [1.54, 1.807) is 85.8 Å². The molecule has 3 aliphatic heterocycles. The number of imidazole rings is 1. The van der Waals surface area contributed by atoms with Crippen LogP contribution >= 0.6 is 0 Å². The van der Waals surface area contributed by atoms with Crippen molar-refractivity contribution in [1.29, 1.82) is 0 Å². The number of nitrogens with two attached hydrogens (primary N) is 1. The molecule has 21 atom stereocenters. The van der Waals surface area contributed by atoms with Gasteiger partial charge in [0.25, 0.3) is 5.91 Å². The average Bonchev–Trinajstić information content (AvgIpc) is 1.72. The van der Waals surface area contributed by atoms with E-state index in [0.29, 0.717) is 22.3 Å². The minimum absolute atomic E-state index is 0.322. The van der Waals surface area contributed by atoms with Crippen LogP contribution in [0.5, 0.6) is 0 Å². The van der Waals surface area contributed by atoms with Crippen LogP contribution in [-0.2, 0) is 96.0 Å². The molecule has 3 aromatic carbocycles. The Hall–Kier alpha value is -11.8. The minimum Gasteiger partial charge on any atom is -0.480 e. The lowest BCUT2D eigenvalue weighted by molar-refractivity contribution is -0.783.